The zero-order valence-corrected chi connectivity index (χ0v) is 7.90. The predicted molar refractivity (Wildman–Crippen MR) is 52.2 cm³/mol. The van der Waals surface area contributed by atoms with Crippen LogP contribution >= 0.6 is 0 Å². The van der Waals surface area contributed by atoms with Crippen LogP contribution in [0.15, 0.2) is 12.4 Å². The molecular weight excluding hydrogens is 162 g/mol. The van der Waals surface area contributed by atoms with Gasteiger partial charge in [-0.25, -0.2) is 9.97 Å². The molecule has 0 saturated heterocycles. The molecule has 1 saturated carbocycles. The Morgan fingerprint density at radius 3 is 2.54 bits per heavy atom. The molecule has 2 rings (SSSR count). The summed E-state index contributed by atoms with van der Waals surface area (Å²) in [5.41, 5.74) is 6.18. The molecular formula is C10H15N3. The van der Waals surface area contributed by atoms with E-state index in [9.17, 15) is 0 Å². The Hall–Kier alpha value is -1.12. The summed E-state index contributed by atoms with van der Waals surface area (Å²) in [6.07, 6.45) is 7.16. The minimum atomic E-state index is 0.565. The van der Waals surface area contributed by atoms with Crippen LogP contribution in [0.1, 0.15) is 37.9 Å². The largest absolute Gasteiger partial charge is 0.396 e. The molecule has 0 amide bonds. The summed E-state index contributed by atoms with van der Waals surface area (Å²) in [7, 11) is 0. The monoisotopic (exact) mass is 177 g/mol. The first-order chi connectivity index (χ1) is 6.25. The Morgan fingerprint density at radius 1 is 1.31 bits per heavy atom. The van der Waals surface area contributed by atoms with Crippen LogP contribution in [0.5, 0.6) is 0 Å². The number of nitrogen functional groups attached to an aromatic ring is 1. The van der Waals surface area contributed by atoms with Crippen LogP contribution in [0, 0.1) is 5.92 Å². The molecule has 2 atom stereocenters. The fourth-order valence-electron chi connectivity index (χ4n) is 2.00. The Bertz CT molecular complexity index is 281. The van der Waals surface area contributed by atoms with E-state index in [1.807, 2.05) is 0 Å². The minimum Gasteiger partial charge on any atom is -0.396 e. The van der Waals surface area contributed by atoms with Crippen molar-refractivity contribution >= 4 is 5.69 Å². The van der Waals surface area contributed by atoms with E-state index in [-0.39, 0.29) is 0 Å². The van der Waals surface area contributed by atoms with Crippen molar-refractivity contribution in [2.24, 2.45) is 5.92 Å². The number of rotatable bonds is 1. The molecule has 1 fully saturated rings. The maximum absolute atomic E-state index is 5.53. The van der Waals surface area contributed by atoms with Crippen molar-refractivity contribution in [1.29, 1.82) is 0 Å². The molecule has 2 N–H and O–H groups in total. The summed E-state index contributed by atoms with van der Waals surface area (Å²) in [6.45, 7) is 2.29. The average molecular weight is 177 g/mol. The summed E-state index contributed by atoms with van der Waals surface area (Å²) < 4.78 is 0. The van der Waals surface area contributed by atoms with Gasteiger partial charge < -0.3 is 5.73 Å². The molecule has 1 aliphatic carbocycles. The van der Waals surface area contributed by atoms with Gasteiger partial charge in [0.1, 0.15) is 5.82 Å². The molecule has 1 aromatic rings. The standard InChI is InChI=1S/C10H15N3/c1-7-2-3-8(4-7)10-12-5-9(11)6-13-10/h5-8H,2-4,11H2,1H3. The topological polar surface area (TPSA) is 51.8 Å². The highest BCUT2D eigenvalue weighted by Gasteiger charge is 2.24. The molecule has 13 heavy (non-hydrogen) atoms. The second-order valence-corrected chi connectivity index (χ2v) is 3.99. The van der Waals surface area contributed by atoms with Gasteiger partial charge in [-0.15, -0.1) is 0 Å². The van der Waals surface area contributed by atoms with Gasteiger partial charge in [0.2, 0.25) is 0 Å². The molecule has 2 unspecified atom stereocenters. The maximum Gasteiger partial charge on any atom is 0.131 e. The van der Waals surface area contributed by atoms with Gasteiger partial charge in [0, 0.05) is 5.92 Å². The lowest BCUT2D eigenvalue weighted by Gasteiger charge is -2.06. The molecule has 1 aromatic heterocycles. The van der Waals surface area contributed by atoms with Crippen molar-refractivity contribution in [3.63, 3.8) is 0 Å². The number of aromatic nitrogens is 2. The van der Waals surface area contributed by atoms with Gasteiger partial charge in [-0.2, -0.15) is 0 Å². The van der Waals surface area contributed by atoms with Crippen molar-refractivity contribution < 1.29 is 0 Å². The van der Waals surface area contributed by atoms with Gasteiger partial charge in [-0.1, -0.05) is 6.92 Å². The highest BCUT2D eigenvalue weighted by Crippen LogP contribution is 2.36. The molecule has 3 heteroatoms. The third kappa shape index (κ3) is 1.79. The first-order valence-corrected chi connectivity index (χ1v) is 4.83. The van der Waals surface area contributed by atoms with Crippen molar-refractivity contribution in [2.45, 2.75) is 32.1 Å². The SMILES string of the molecule is CC1CCC(c2ncc(N)cn2)C1. The third-order valence-electron chi connectivity index (χ3n) is 2.75. The second-order valence-electron chi connectivity index (χ2n) is 3.99. The van der Waals surface area contributed by atoms with Crippen LogP contribution < -0.4 is 5.73 Å². The van der Waals surface area contributed by atoms with E-state index in [1.54, 1.807) is 12.4 Å². The molecule has 0 aromatic carbocycles. The molecule has 70 valence electrons. The van der Waals surface area contributed by atoms with E-state index in [0.29, 0.717) is 11.6 Å². The predicted octanol–water partition coefficient (Wildman–Crippen LogP) is 1.96. The second kappa shape index (κ2) is 3.32. The highest BCUT2D eigenvalue weighted by atomic mass is 14.9. The Kier molecular flexibility index (Phi) is 2.17. The molecule has 0 radical (unpaired) electrons. The number of hydrogen-bond acceptors (Lipinski definition) is 3. The van der Waals surface area contributed by atoms with Crippen LogP contribution in [0.2, 0.25) is 0 Å². The van der Waals surface area contributed by atoms with Crippen molar-refractivity contribution in [3.8, 4) is 0 Å². The van der Waals surface area contributed by atoms with Gasteiger partial charge >= 0.3 is 0 Å². The van der Waals surface area contributed by atoms with E-state index < -0.39 is 0 Å². The van der Waals surface area contributed by atoms with E-state index in [1.165, 1.54) is 19.3 Å². The van der Waals surface area contributed by atoms with Crippen LogP contribution in [0.25, 0.3) is 0 Å². The van der Waals surface area contributed by atoms with Gasteiger partial charge in [0.25, 0.3) is 0 Å². The van der Waals surface area contributed by atoms with Crippen molar-refractivity contribution in [2.75, 3.05) is 5.73 Å². The lowest BCUT2D eigenvalue weighted by Crippen LogP contribution is -2.01. The fourth-order valence-corrected chi connectivity index (χ4v) is 2.00. The van der Waals surface area contributed by atoms with Crippen LogP contribution in [-0.2, 0) is 0 Å². The number of nitrogens with two attached hydrogens (primary N) is 1. The van der Waals surface area contributed by atoms with E-state index in [4.69, 9.17) is 5.73 Å². The summed E-state index contributed by atoms with van der Waals surface area (Å²) in [6, 6.07) is 0. The smallest absolute Gasteiger partial charge is 0.131 e. The zero-order chi connectivity index (χ0) is 9.26. The van der Waals surface area contributed by atoms with Crippen molar-refractivity contribution in [3.05, 3.63) is 18.2 Å². The molecule has 0 bridgehead atoms. The van der Waals surface area contributed by atoms with Crippen LogP contribution in [0.4, 0.5) is 5.69 Å². The lowest BCUT2D eigenvalue weighted by atomic mass is 10.1. The minimum absolute atomic E-state index is 0.565. The molecule has 0 aliphatic heterocycles. The lowest BCUT2D eigenvalue weighted by molar-refractivity contribution is 0.585. The zero-order valence-electron chi connectivity index (χ0n) is 7.90. The molecule has 1 heterocycles. The number of nitrogens with zero attached hydrogens (tertiary/aromatic N) is 2. The van der Waals surface area contributed by atoms with Gasteiger partial charge in [0.05, 0.1) is 18.1 Å². The van der Waals surface area contributed by atoms with Gasteiger partial charge in [-0.05, 0) is 25.2 Å². The number of anilines is 1. The summed E-state index contributed by atoms with van der Waals surface area (Å²) in [4.78, 5) is 8.52. The van der Waals surface area contributed by atoms with Crippen LogP contribution in [-0.4, -0.2) is 9.97 Å². The summed E-state index contributed by atoms with van der Waals surface area (Å²) in [5.74, 6) is 2.36. The molecule has 1 aliphatic rings. The Balaban J connectivity index is 2.13. The normalized spacial score (nSPS) is 27.8. The van der Waals surface area contributed by atoms with Crippen LogP contribution in [0.3, 0.4) is 0 Å². The third-order valence-corrected chi connectivity index (χ3v) is 2.75. The molecule has 0 spiro atoms. The fraction of sp³-hybridized carbons (Fsp3) is 0.600. The first-order valence-electron chi connectivity index (χ1n) is 4.83. The van der Waals surface area contributed by atoms with Crippen molar-refractivity contribution in [1.82, 2.24) is 9.97 Å². The Morgan fingerprint density at radius 2 is 2.00 bits per heavy atom. The van der Waals surface area contributed by atoms with E-state index >= 15 is 0 Å². The Labute approximate surface area is 78.4 Å². The van der Waals surface area contributed by atoms with Gasteiger partial charge in [0.15, 0.2) is 0 Å². The van der Waals surface area contributed by atoms with Gasteiger partial charge in [-0.3, -0.25) is 0 Å². The first kappa shape index (κ1) is 8.48. The maximum atomic E-state index is 5.53. The quantitative estimate of drug-likeness (QED) is 0.713. The molecule has 3 nitrogen and oxygen atoms in total. The average Bonchev–Trinajstić information content (AvgIpc) is 2.53. The van der Waals surface area contributed by atoms with E-state index in [0.717, 1.165) is 11.7 Å². The number of hydrogen-bond donors (Lipinski definition) is 1. The highest BCUT2D eigenvalue weighted by molar-refractivity contribution is 5.30. The van der Waals surface area contributed by atoms with E-state index in [2.05, 4.69) is 16.9 Å². The summed E-state index contributed by atoms with van der Waals surface area (Å²) >= 11 is 0. The summed E-state index contributed by atoms with van der Waals surface area (Å²) in [5, 5.41) is 0.